The number of amides is 1. The second-order valence-corrected chi connectivity index (χ2v) is 8.38. The maximum absolute atomic E-state index is 12.4. The number of hydrogen-bond donors (Lipinski definition) is 2. The van der Waals surface area contributed by atoms with Gasteiger partial charge in [-0.2, -0.15) is 0 Å². The van der Waals surface area contributed by atoms with E-state index in [4.69, 9.17) is 9.47 Å². The van der Waals surface area contributed by atoms with Crippen LogP contribution in [0.25, 0.3) is 10.2 Å². The van der Waals surface area contributed by atoms with Crippen LogP contribution in [0.4, 0.5) is 21.6 Å². The number of carbonyl (C=O) groups excluding carboxylic acids is 1. The number of nitrogens with zero attached hydrogens (tertiary/aromatic N) is 3. The van der Waals surface area contributed by atoms with Gasteiger partial charge in [-0.3, -0.25) is 14.9 Å². The van der Waals surface area contributed by atoms with Gasteiger partial charge in [0.1, 0.15) is 11.5 Å². The Hall–Kier alpha value is -3.77. The summed E-state index contributed by atoms with van der Waals surface area (Å²) in [5.74, 6) is 1.02. The molecule has 0 saturated heterocycles. The van der Waals surface area contributed by atoms with Crippen molar-refractivity contribution in [3.05, 3.63) is 57.6 Å². The molecule has 4 rings (SSSR count). The van der Waals surface area contributed by atoms with Crippen molar-refractivity contribution in [1.29, 1.82) is 0 Å². The first-order chi connectivity index (χ1) is 15.4. The van der Waals surface area contributed by atoms with Gasteiger partial charge in [0.25, 0.3) is 5.69 Å². The van der Waals surface area contributed by atoms with Crippen molar-refractivity contribution in [2.75, 3.05) is 24.9 Å². The lowest BCUT2D eigenvalue weighted by Gasteiger charge is -2.10. The molecule has 2 heterocycles. The van der Waals surface area contributed by atoms with Gasteiger partial charge in [-0.1, -0.05) is 11.3 Å². The zero-order valence-corrected chi connectivity index (χ0v) is 18.6. The number of nitro benzene ring substituents is 1. The van der Waals surface area contributed by atoms with Gasteiger partial charge < -0.3 is 20.1 Å². The number of methoxy groups -OCH3 is 2. The van der Waals surface area contributed by atoms with Crippen molar-refractivity contribution < 1.29 is 19.2 Å². The lowest BCUT2D eigenvalue weighted by molar-refractivity contribution is -0.384. The van der Waals surface area contributed by atoms with E-state index in [-0.39, 0.29) is 18.0 Å². The molecule has 0 aliphatic carbocycles. The van der Waals surface area contributed by atoms with Crippen molar-refractivity contribution in [2.45, 2.75) is 6.42 Å². The van der Waals surface area contributed by atoms with Gasteiger partial charge in [-0.25, -0.2) is 9.97 Å². The van der Waals surface area contributed by atoms with Gasteiger partial charge in [-0.15, -0.1) is 11.3 Å². The average Bonchev–Trinajstić information content (AvgIpc) is 3.38. The Labute approximate surface area is 190 Å². The Balaban J connectivity index is 1.42. The average molecular weight is 472 g/mol. The molecule has 0 unspecified atom stereocenters. The third kappa shape index (κ3) is 4.76. The number of hydrogen-bond acceptors (Lipinski definition) is 10. The molecule has 0 aliphatic heterocycles. The highest BCUT2D eigenvalue weighted by atomic mass is 32.1. The number of thiazole rings is 2. The van der Waals surface area contributed by atoms with E-state index in [1.165, 1.54) is 34.8 Å². The molecule has 2 N–H and O–H groups in total. The lowest BCUT2D eigenvalue weighted by Crippen LogP contribution is -2.14. The summed E-state index contributed by atoms with van der Waals surface area (Å²) in [7, 11) is 3.16. The summed E-state index contributed by atoms with van der Waals surface area (Å²) in [6, 6.07) is 9.76. The van der Waals surface area contributed by atoms with E-state index < -0.39 is 4.92 Å². The molecular formula is C20H17N5O5S2. The standard InChI is InChI=1S/C20H17N5O5S2/c1-29-13-4-6-16(30-2)15(9-13)23-19-21-11(10-31-19)7-18(26)24-20-22-14-5-3-12(25(27)28)8-17(14)32-20/h3-6,8-10H,7H2,1-2H3,(H,21,23)(H,22,24,26). The Morgan fingerprint density at radius 3 is 2.72 bits per heavy atom. The van der Waals surface area contributed by atoms with Gasteiger partial charge >= 0.3 is 0 Å². The van der Waals surface area contributed by atoms with E-state index in [9.17, 15) is 14.9 Å². The summed E-state index contributed by atoms with van der Waals surface area (Å²) in [5, 5.41) is 19.6. The summed E-state index contributed by atoms with van der Waals surface area (Å²) in [4.78, 5) is 31.6. The number of rotatable bonds is 8. The quantitative estimate of drug-likeness (QED) is 0.282. The van der Waals surface area contributed by atoms with Crippen molar-refractivity contribution in [2.24, 2.45) is 0 Å². The highest BCUT2D eigenvalue weighted by molar-refractivity contribution is 7.22. The highest BCUT2D eigenvalue weighted by Gasteiger charge is 2.14. The zero-order valence-electron chi connectivity index (χ0n) is 16.9. The molecule has 0 spiro atoms. The second kappa shape index (κ2) is 9.16. The summed E-state index contributed by atoms with van der Waals surface area (Å²) >= 11 is 2.54. The summed E-state index contributed by atoms with van der Waals surface area (Å²) in [5.41, 5.74) is 1.85. The molecule has 0 bridgehead atoms. The van der Waals surface area contributed by atoms with Gasteiger partial charge in [0.05, 0.1) is 47.2 Å². The monoisotopic (exact) mass is 471 g/mol. The molecule has 164 valence electrons. The maximum atomic E-state index is 12.4. The first-order valence-electron chi connectivity index (χ1n) is 9.23. The number of anilines is 3. The predicted octanol–water partition coefficient (Wildman–Crippen LogP) is 4.60. The van der Waals surface area contributed by atoms with Crippen LogP contribution in [-0.4, -0.2) is 35.0 Å². The van der Waals surface area contributed by atoms with Crippen LogP contribution in [0.2, 0.25) is 0 Å². The van der Waals surface area contributed by atoms with Gasteiger partial charge in [-0.05, 0) is 18.2 Å². The molecule has 4 aromatic rings. The number of nitro groups is 1. The van der Waals surface area contributed by atoms with Crippen LogP contribution >= 0.6 is 22.7 Å². The molecule has 0 fully saturated rings. The van der Waals surface area contributed by atoms with E-state index in [0.717, 1.165) is 0 Å². The van der Waals surface area contributed by atoms with E-state index in [0.29, 0.717) is 43.4 Å². The normalized spacial score (nSPS) is 10.7. The molecule has 0 saturated carbocycles. The van der Waals surface area contributed by atoms with Crippen molar-refractivity contribution in [1.82, 2.24) is 9.97 Å². The Bertz CT molecular complexity index is 1300. The van der Waals surface area contributed by atoms with Crippen LogP contribution in [-0.2, 0) is 11.2 Å². The minimum Gasteiger partial charge on any atom is -0.497 e. The van der Waals surface area contributed by atoms with Gasteiger partial charge in [0, 0.05) is 23.6 Å². The molecular weight excluding hydrogens is 454 g/mol. The first kappa shape index (κ1) is 21.5. The third-order valence-electron chi connectivity index (χ3n) is 4.37. The fourth-order valence-corrected chi connectivity index (χ4v) is 4.52. The van der Waals surface area contributed by atoms with E-state index in [1.807, 2.05) is 0 Å². The molecule has 32 heavy (non-hydrogen) atoms. The largest absolute Gasteiger partial charge is 0.497 e. The van der Waals surface area contributed by atoms with Crippen molar-refractivity contribution >= 4 is 60.4 Å². The van der Waals surface area contributed by atoms with E-state index >= 15 is 0 Å². The molecule has 0 atom stereocenters. The van der Waals surface area contributed by atoms with Crippen LogP contribution < -0.4 is 20.1 Å². The molecule has 2 aromatic heterocycles. The Morgan fingerprint density at radius 1 is 1.12 bits per heavy atom. The number of benzene rings is 2. The van der Waals surface area contributed by atoms with Gasteiger partial charge in [0.15, 0.2) is 10.3 Å². The van der Waals surface area contributed by atoms with Crippen LogP contribution in [0.3, 0.4) is 0 Å². The molecule has 0 aliphatic rings. The zero-order chi connectivity index (χ0) is 22.7. The van der Waals surface area contributed by atoms with Gasteiger partial charge in [0.2, 0.25) is 5.91 Å². The van der Waals surface area contributed by atoms with Crippen molar-refractivity contribution in [3.8, 4) is 11.5 Å². The molecule has 12 heteroatoms. The number of carbonyl (C=O) groups is 1. The van der Waals surface area contributed by atoms with Crippen LogP contribution in [0.5, 0.6) is 11.5 Å². The van der Waals surface area contributed by atoms with Crippen molar-refractivity contribution in [3.63, 3.8) is 0 Å². The Morgan fingerprint density at radius 2 is 1.97 bits per heavy atom. The summed E-state index contributed by atoms with van der Waals surface area (Å²) in [6.45, 7) is 0. The lowest BCUT2D eigenvalue weighted by atomic mass is 10.2. The molecule has 0 radical (unpaired) electrons. The molecule has 2 aromatic carbocycles. The highest BCUT2D eigenvalue weighted by Crippen LogP contribution is 2.33. The number of ether oxygens (including phenoxy) is 2. The third-order valence-corrected chi connectivity index (χ3v) is 6.11. The maximum Gasteiger partial charge on any atom is 0.270 e. The Kier molecular flexibility index (Phi) is 6.14. The fraction of sp³-hybridized carbons (Fsp3) is 0.150. The smallest absolute Gasteiger partial charge is 0.270 e. The summed E-state index contributed by atoms with van der Waals surface area (Å²) in [6.07, 6.45) is 0.0590. The minimum absolute atomic E-state index is 0.0193. The van der Waals surface area contributed by atoms with Crippen LogP contribution in [0, 0.1) is 10.1 Å². The SMILES string of the molecule is COc1ccc(OC)c(Nc2nc(CC(=O)Nc3nc4ccc([N+](=O)[O-])cc4s3)cs2)c1. The number of aromatic nitrogens is 2. The van der Waals surface area contributed by atoms with Crippen LogP contribution in [0.1, 0.15) is 5.69 Å². The van der Waals surface area contributed by atoms with Crippen LogP contribution in [0.15, 0.2) is 41.8 Å². The fourth-order valence-electron chi connectivity index (χ4n) is 2.88. The number of nitrogens with one attached hydrogen (secondary N) is 2. The van der Waals surface area contributed by atoms with E-state index in [1.54, 1.807) is 43.9 Å². The first-order valence-corrected chi connectivity index (χ1v) is 10.9. The predicted molar refractivity (Wildman–Crippen MR) is 124 cm³/mol. The number of non-ortho nitro benzene ring substituents is 1. The molecule has 1 amide bonds. The molecule has 10 nitrogen and oxygen atoms in total. The topological polar surface area (TPSA) is 129 Å². The minimum atomic E-state index is -0.466. The second-order valence-electron chi connectivity index (χ2n) is 6.49. The summed E-state index contributed by atoms with van der Waals surface area (Å²) < 4.78 is 11.2. The number of fused-ring (bicyclic) bond motifs is 1. The van der Waals surface area contributed by atoms with E-state index in [2.05, 4.69) is 20.6 Å².